The third-order valence-electron chi connectivity index (χ3n) is 1.82. The van der Waals surface area contributed by atoms with Gasteiger partial charge in [0, 0.05) is 4.90 Å². The van der Waals surface area contributed by atoms with Gasteiger partial charge in [-0.1, -0.05) is 0 Å². The van der Waals surface area contributed by atoms with E-state index < -0.39 is 34.6 Å². The van der Waals surface area contributed by atoms with E-state index in [9.17, 15) is 14.4 Å². The SMILES string of the molecule is O=C(O)c1cc(C(=O)O)c(S)c(C(=O)O)c1.[H-].[Na+]. The van der Waals surface area contributed by atoms with Crippen LogP contribution in [0.15, 0.2) is 17.0 Å². The smallest absolute Gasteiger partial charge is 1.00 e. The molecule has 0 aromatic heterocycles. The maximum atomic E-state index is 10.7. The summed E-state index contributed by atoms with van der Waals surface area (Å²) in [4.78, 5) is 31.9. The second-order valence-electron chi connectivity index (χ2n) is 2.84. The van der Waals surface area contributed by atoms with Crippen LogP contribution in [0.3, 0.4) is 0 Å². The molecule has 1 rings (SSSR count). The Morgan fingerprint density at radius 1 is 0.941 bits per heavy atom. The van der Waals surface area contributed by atoms with Crippen molar-refractivity contribution < 1.29 is 60.7 Å². The number of thiol groups is 1. The van der Waals surface area contributed by atoms with E-state index in [1.54, 1.807) is 0 Å². The molecular formula is C9H7NaO6S. The predicted molar refractivity (Wildman–Crippen MR) is 55.7 cm³/mol. The normalized spacial score (nSPS) is 9.24. The summed E-state index contributed by atoms with van der Waals surface area (Å²) in [6, 6.07) is 1.72. The second-order valence-corrected chi connectivity index (χ2v) is 3.28. The van der Waals surface area contributed by atoms with Crippen LogP contribution >= 0.6 is 12.6 Å². The van der Waals surface area contributed by atoms with Crippen LogP contribution in [0.5, 0.6) is 0 Å². The molecule has 8 heteroatoms. The quantitative estimate of drug-likeness (QED) is 0.379. The van der Waals surface area contributed by atoms with Crippen LogP contribution in [0.1, 0.15) is 32.5 Å². The fourth-order valence-corrected chi connectivity index (χ4v) is 1.40. The van der Waals surface area contributed by atoms with E-state index in [-0.39, 0.29) is 35.9 Å². The molecular weight excluding hydrogens is 259 g/mol. The van der Waals surface area contributed by atoms with Gasteiger partial charge in [-0.05, 0) is 12.1 Å². The van der Waals surface area contributed by atoms with Gasteiger partial charge >= 0.3 is 47.5 Å². The van der Waals surface area contributed by atoms with Crippen LogP contribution in [0.2, 0.25) is 0 Å². The maximum absolute atomic E-state index is 10.7. The third kappa shape index (κ3) is 3.47. The summed E-state index contributed by atoms with van der Waals surface area (Å²) in [5.74, 6) is -4.27. The Labute approximate surface area is 124 Å². The van der Waals surface area contributed by atoms with Crippen molar-refractivity contribution in [1.82, 2.24) is 0 Å². The topological polar surface area (TPSA) is 112 Å². The maximum Gasteiger partial charge on any atom is 1.00 e. The molecule has 0 aliphatic carbocycles. The number of hydrogen-bond donors (Lipinski definition) is 4. The summed E-state index contributed by atoms with van der Waals surface area (Å²) in [6.45, 7) is 0. The molecule has 0 fully saturated rings. The van der Waals surface area contributed by atoms with Gasteiger partial charge in [0.1, 0.15) is 0 Å². The Morgan fingerprint density at radius 3 is 1.53 bits per heavy atom. The summed E-state index contributed by atoms with van der Waals surface area (Å²) in [7, 11) is 0. The molecule has 0 radical (unpaired) electrons. The number of rotatable bonds is 3. The fourth-order valence-electron chi connectivity index (χ4n) is 1.08. The van der Waals surface area contributed by atoms with E-state index >= 15 is 0 Å². The summed E-state index contributed by atoms with van der Waals surface area (Å²) < 4.78 is 0. The molecule has 17 heavy (non-hydrogen) atoms. The molecule has 1 aromatic rings. The van der Waals surface area contributed by atoms with Gasteiger partial charge in [-0.25, -0.2) is 14.4 Å². The largest absolute Gasteiger partial charge is 1.00 e. The van der Waals surface area contributed by atoms with E-state index in [4.69, 9.17) is 15.3 Å². The van der Waals surface area contributed by atoms with Crippen molar-refractivity contribution >= 4 is 30.5 Å². The van der Waals surface area contributed by atoms with Gasteiger partial charge in [-0.15, -0.1) is 12.6 Å². The Kier molecular flexibility index (Phi) is 5.70. The first-order valence-electron chi connectivity index (χ1n) is 3.91. The molecule has 6 nitrogen and oxygen atoms in total. The molecule has 0 amide bonds. The molecule has 1 aromatic carbocycles. The van der Waals surface area contributed by atoms with Crippen molar-refractivity contribution in [2.45, 2.75) is 4.90 Å². The van der Waals surface area contributed by atoms with Gasteiger partial charge in [-0.3, -0.25) is 0 Å². The predicted octanol–water partition coefficient (Wildman–Crippen LogP) is -1.81. The van der Waals surface area contributed by atoms with Gasteiger partial charge in [0.05, 0.1) is 16.7 Å². The molecule has 86 valence electrons. The number of carboxylic acid groups (broad SMARTS) is 3. The van der Waals surface area contributed by atoms with Crippen molar-refractivity contribution in [1.29, 1.82) is 0 Å². The van der Waals surface area contributed by atoms with Crippen LogP contribution in [0, 0.1) is 0 Å². The van der Waals surface area contributed by atoms with Crippen LogP contribution < -0.4 is 29.6 Å². The Bertz CT molecular complexity index is 469. The van der Waals surface area contributed by atoms with Gasteiger partial charge < -0.3 is 16.7 Å². The molecule has 0 bridgehead atoms. The Hall–Kier alpha value is -1.02. The van der Waals surface area contributed by atoms with Crippen LogP contribution in [0.25, 0.3) is 0 Å². The van der Waals surface area contributed by atoms with Crippen molar-refractivity contribution in [3.63, 3.8) is 0 Å². The molecule has 3 N–H and O–H groups in total. The van der Waals surface area contributed by atoms with Gasteiger partial charge in [-0.2, -0.15) is 0 Å². The zero-order chi connectivity index (χ0) is 12.5. The van der Waals surface area contributed by atoms with Gasteiger partial charge in [0.15, 0.2) is 0 Å². The number of hydrogen-bond acceptors (Lipinski definition) is 4. The summed E-state index contributed by atoms with van der Waals surface area (Å²) in [5.41, 5.74) is -1.33. The van der Waals surface area contributed by atoms with Crippen LogP contribution in [-0.4, -0.2) is 33.2 Å². The first-order chi connectivity index (χ1) is 7.34. The first kappa shape index (κ1) is 16.0. The van der Waals surface area contributed by atoms with Crippen molar-refractivity contribution in [3.8, 4) is 0 Å². The molecule has 0 aliphatic heterocycles. The summed E-state index contributed by atoms with van der Waals surface area (Å²) in [6.07, 6.45) is 0. The average molecular weight is 266 g/mol. The zero-order valence-electron chi connectivity index (χ0n) is 9.67. The molecule has 0 heterocycles. The van der Waals surface area contributed by atoms with Gasteiger partial charge in [0.2, 0.25) is 0 Å². The molecule has 0 atom stereocenters. The molecule has 0 saturated carbocycles. The molecule has 0 spiro atoms. The van der Waals surface area contributed by atoms with Crippen molar-refractivity contribution in [3.05, 3.63) is 28.8 Å². The number of benzene rings is 1. The Balaban J connectivity index is 0. The van der Waals surface area contributed by atoms with Gasteiger partial charge in [0.25, 0.3) is 0 Å². The minimum Gasteiger partial charge on any atom is -1.00 e. The number of carbonyl (C=O) groups is 3. The number of carboxylic acids is 3. The fraction of sp³-hybridized carbons (Fsp3) is 0. The van der Waals surface area contributed by atoms with Crippen molar-refractivity contribution in [2.75, 3.05) is 0 Å². The van der Waals surface area contributed by atoms with Crippen molar-refractivity contribution in [2.24, 2.45) is 0 Å². The first-order valence-corrected chi connectivity index (χ1v) is 4.36. The zero-order valence-corrected chi connectivity index (χ0v) is 11.6. The van der Waals surface area contributed by atoms with Crippen LogP contribution in [0.4, 0.5) is 0 Å². The Morgan fingerprint density at radius 2 is 1.29 bits per heavy atom. The van der Waals surface area contributed by atoms with E-state index in [1.165, 1.54) is 0 Å². The summed E-state index contributed by atoms with van der Waals surface area (Å²) in [5, 5.41) is 26.2. The molecule has 0 saturated heterocycles. The average Bonchev–Trinajstić information content (AvgIpc) is 2.16. The second kappa shape index (κ2) is 6.06. The monoisotopic (exact) mass is 266 g/mol. The van der Waals surface area contributed by atoms with Crippen LogP contribution in [-0.2, 0) is 0 Å². The molecule has 0 unspecified atom stereocenters. The molecule has 0 aliphatic rings. The third-order valence-corrected chi connectivity index (χ3v) is 2.30. The van der Waals surface area contributed by atoms with E-state index in [0.717, 1.165) is 12.1 Å². The summed E-state index contributed by atoms with van der Waals surface area (Å²) >= 11 is 3.75. The number of aromatic carboxylic acids is 3. The standard InChI is InChI=1S/C9H6O6S.Na.H/c10-7(11)3-1-4(8(12)13)6(16)5(2-3)9(14)15;;/h1-2,16H,(H,10,11)(H,12,13)(H,14,15);;/q;+1;-1. The minimum absolute atomic E-state index is 0. The van der Waals surface area contributed by atoms with E-state index in [1.807, 2.05) is 0 Å². The van der Waals surface area contributed by atoms with E-state index in [2.05, 4.69) is 12.6 Å². The van der Waals surface area contributed by atoms with E-state index in [0.29, 0.717) is 0 Å². The minimum atomic E-state index is -1.43.